The lowest BCUT2D eigenvalue weighted by Crippen LogP contribution is -2.45. The molecule has 0 aliphatic carbocycles. The highest BCUT2D eigenvalue weighted by Gasteiger charge is 2.30. The van der Waals surface area contributed by atoms with Crippen molar-refractivity contribution in [2.45, 2.75) is 57.3 Å². The Morgan fingerprint density at radius 1 is 1.12 bits per heavy atom. The predicted molar refractivity (Wildman–Crippen MR) is 126 cm³/mol. The second-order valence-electron chi connectivity index (χ2n) is 8.72. The molecule has 2 N–H and O–H groups in total. The number of likely N-dealkylation sites (tertiary alicyclic amines) is 2. The van der Waals surface area contributed by atoms with Crippen LogP contribution in [0.15, 0.2) is 18.3 Å². The summed E-state index contributed by atoms with van der Waals surface area (Å²) in [7, 11) is 0. The number of aromatic nitrogens is 1. The maximum atomic E-state index is 12.7. The maximum absolute atomic E-state index is 12.7. The van der Waals surface area contributed by atoms with Crippen molar-refractivity contribution in [2.75, 3.05) is 38.1 Å². The lowest BCUT2D eigenvalue weighted by molar-refractivity contribution is -0.198. The van der Waals surface area contributed by atoms with Crippen LogP contribution in [0.25, 0.3) is 6.08 Å². The van der Waals surface area contributed by atoms with Crippen LogP contribution in [-0.2, 0) is 14.4 Å². The maximum Gasteiger partial charge on any atom is 0.320 e. The van der Waals surface area contributed by atoms with E-state index in [9.17, 15) is 9.59 Å². The predicted octanol–water partition coefficient (Wildman–Crippen LogP) is 3.41. The van der Waals surface area contributed by atoms with E-state index in [1.54, 1.807) is 18.3 Å². The van der Waals surface area contributed by atoms with E-state index in [1.165, 1.54) is 12.5 Å². The molecule has 3 fully saturated rings. The Morgan fingerprint density at radius 2 is 1.97 bits per heavy atom. The van der Waals surface area contributed by atoms with Gasteiger partial charge < -0.3 is 19.9 Å². The molecule has 3 aliphatic heterocycles. The third kappa shape index (κ3) is 6.82. The van der Waals surface area contributed by atoms with E-state index in [2.05, 4.69) is 15.8 Å². The zero-order valence-electron chi connectivity index (χ0n) is 18.8. The quantitative estimate of drug-likeness (QED) is 0.481. The fourth-order valence-electron chi connectivity index (χ4n) is 4.31. The number of piperidine rings is 1. The smallest absolute Gasteiger partial charge is 0.320 e. The number of anilines is 1. The van der Waals surface area contributed by atoms with Crippen molar-refractivity contribution < 1.29 is 19.2 Å². The fraction of sp³-hybridized carbons (Fsp3) is 0.609. The van der Waals surface area contributed by atoms with Gasteiger partial charge in [0.25, 0.3) is 5.91 Å². The van der Waals surface area contributed by atoms with Crippen molar-refractivity contribution in [1.29, 1.82) is 0 Å². The number of hydrogen-bond acceptors (Lipinski definition) is 6. The van der Waals surface area contributed by atoms with Crippen molar-refractivity contribution in [3.8, 4) is 0 Å². The van der Waals surface area contributed by atoms with E-state index in [1.807, 2.05) is 9.80 Å². The Kier molecular flexibility index (Phi) is 8.41. The summed E-state index contributed by atoms with van der Waals surface area (Å²) >= 11 is 6.42. The minimum atomic E-state index is -0.390. The van der Waals surface area contributed by atoms with Gasteiger partial charge in [0.1, 0.15) is 5.82 Å². The molecule has 1 aromatic rings. The SMILES string of the molecule is O=C(/C=C/c1cnc(N[C@@H]2CCN(C(=O)N3CCCCC3)C2)c(Cl)c1)NOC1CCCCO1. The van der Waals surface area contributed by atoms with Gasteiger partial charge in [0, 0.05) is 57.5 Å². The van der Waals surface area contributed by atoms with Crippen molar-refractivity contribution in [1.82, 2.24) is 20.3 Å². The monoisotopic (exact) mass is 477 g/mol. The topological polar surface area (TPSA) is 96.0 Å². The number of rotatable bonds is 6. The number of halogens is 1. The molecule has 1 aromatic heterocycles. The highest BCUT2D eigenvalue weighted by Crippen LogP contribution is 2.24. The van der Waals surface area contributed by atoms with Crippen LogP contribution in [0.3, 0.4) is 0 Å². The number of ether oxygens (including phenoxy) is 1. The highest BCUT2D eigenvalue weighted by atomic mass is 35.5. The van der Waals surface area contributed by atoms with Gasteiger partial charge in [-0.15, -0.1) is 0 Å². The molecule has 0 saturated carbocycles. The van der Waals surface area contributed by atoms with Gasteiger partial charge in [-0.25, -0.2) is 20.1 Å². The van der Waals surface area contributed by atoms with E-state index in [-0.39, 0.29) is 24.3 Å². The molecule has 1 unspecified atom stereocenters. The number of urea groups is 1. The third-order valence-corrected chi connectivity index (χ3v) is 6.43. The number of carbonyl (C=O) groups is 2. The molecule has 0 aromatic carbocycles. The van der Waals surface area contributed by atoms with Crippen molar-refractivity contribution in [3.05, 3.63) is 28.9 Å². The minimum Gasteiger partial charge on any atom is -0.364 e. The van der Waals surface area contributed by atoms with Gasteiger partial charge in [-0.05, 0) is 56.2 Å². The Balaban J connectivity index is 1.24. The van der Waals surface area contributed by atoms with Crippen molar-refractivity contribution in [2.24, 2.45) is 0 Å². The number of pyridine rings is 1. The van der Waals surface area contributed by atoms with Gasteiger partial charge in [0.2, 0.25) is 0 Å². The molecule has 10 heteroatoms. The first-order chi connectivity index (χ1) is 16.1. The third-order valence-electron chi connectivity index (χ3n) is 6.14. The van der Waals surface area contributed by atoms with Crippen LogP contribution in [0, 0.1) is 0 Å². The molecule has 4 heterocycles. The molecular weight excluding hydrogens is 446 g/mol. The molecule has 2 atom stereocenters. The van der Waals surface area contributed by atoms with Crippen LogP contribution in [-0.4, -0.2) is 71.8 Å². The molecule has 0 spiro atoms. The summed E-state index contributed by atoms with van der Waals surface area (Å²) in [5.41, 5.74) is 3.08. The van der Waals surface area contributed by atoms with Crippen LogP contribution in [0.5, 0.6) is 0 Å². The summed E-state index contributed by atoms with van der Waals surface area (Å²) in [5, 5.41) is 3.82. The molecule has 3 aliphatic rings. The first-order valence-corrected chi connectivity index (χ1v) is 12.2. The van der Waals surface area contributed by atoms with Crippen LogP contribution in [0.1, 0.15) is 50.5 Å². The largest absolute Gasteiger partial charge is 0.364 e. The van der Waals surface area contributed by atoms with Gasteiger partial charge in [-0.2, -0.15) is 0 Å². The molecule has 0 bridgehead atoms. The van der Waals surface area contributed by atoms with Crippen LogP contribution in [0.4, 0.5) is 10.6 Å². The van der Waals surface area contributed by atoms with E-state index in [0.717, 1.165) is 58.2 Å². The first-order valence-electron chi connectivity index (χ1n) is 11.8. The van der Waals surface area contributed by atoms with Crippen molar-refractivity contribution >= 4 is 35.4 Å². The van der Waals surface area contributed by atoms with Gasteiger partial charge >= 0.3 is 6.03 Å². The Bertz CT molecular complexity index is 855. The van der Waals surface area contributed by atoms with Gasteiger partial charge in [-0.3, -0.25) is 4.79 Å². The average Bonchev–Trinajstić information content (AvgIpc) is 3.32. The first kappa shape index (κ1) is 23.8. The normalized spacial score (nSPS) is 23.7. The fourth-order valence-corrected chi connectivity index (χ4v) is 4.54. The number of nitrogens with one attached hydrogen (secondary N) is 2. The van der Waals surface area contributed by atoms with Crippen LogP contribution in [0.2, 0.25) is 5.02 Å². The molecule has 180 valence electrons. The number of amides is 3. The standard InChI is InChI=1S/C23H32ClN5O4/c24-19-14-17(7-8-20(30)27-33-21-6-2-5-13-32-21)15-25-22(19)26-18-9-12-29(16-18)23(31)28-10-3-1-4-11-28/h7-8,14-15,18,21H,1-6,9-13,16H2,(H,25,26)(H,27,30)/b8-7+/t18-,21?/m1/s1. The molecule has 9 nitrogen and oxygen atoms in total. The number of nitrogens with zero attached hydrogens (tertiary/aromatic N) is 3. The number of hydrogen-bond donors (Lipinski definition) is 2. The Labute approximate surface area is 199 Å². The summed E-state index contributed by atoms with van der Waals surface area (Å²) < 4.78 is 5.41. The van der Waals surface area contributed by atoms with Gasteiger partial charge in [0.15, 0.2) is 6.29 Å². The van der Waals surface area contributed by atoms with E-state index < -0.39 is 0 Å². The lowest BCUT2D eigenvalue weighted by Gasteiger charge is -2.31. The van der Waals surface area contributed by atoms with Crippen LogP contribution < -0.4 is 10.8 Å². The van der Waals surface area contributed by atoms with Crippen molar-refractivity contribution in [3.63, 3.8) is 0 Å². The van der Waals surface area contributed by atoms with E-state index in [4.69, 9.17) is 21.2 Å². The number of hydroxylamine groups is 1. The summed E-state index contributed by atoms with van der Waals surface area (Å²) in [4.78, 5) is 38.2. The van der Waals surface area contributed by atoms with E-state index >= 15 is 0 Å². The molecule has 0 radical (unpaired) electrons. The summed E-state index contributed by atoms with van der Waals surface area (Å²) in [6.45, 7) is 3.73. The van der Waals surface area contributed by atoms with E-state index in [0.29, 0.717) is 29.6 Å². The Hall–Kier alpha value is -2.36. The second kappa shape index (κ2) is 11.7. The molecular formula is C23H32ClN5O4. The second-order valence-corrected chi connectivity index (χ2v) is 9.13. The lowest BCUT2D eigenvalue weighted by atomic mass is 10.1. The van der Waals surface area contributed by atoms with Crippen LogP contribution >= 0.6 is 11.6 Å². The Morgan fingerprint density at radius 3 is 2.73 bits per heavy atom. The summed E-state index contributed by atoms with van der Waals surface area (Å²) in [6.07, 6.45) is 11.3. The average molecular weight is 478 g/mol. The zero-order valence-corrected chi connectivity index (χ0v) is 19.6. The highest BCUT2D eigenvalue weighted by molar-refractivity contribution is 6.33. The summed E-state index contributed by atoms with van der Waals surface area (Å²) in [6, 6.07) is 1.99. The zero-order chi connectivity index (χ0) is 23.0. The molecule has 3 amide bonds. The van der Waals surface area contributed by atoms with Gasteiger partial charge in [0.05, 0.1) is 5.02 Å². The number of carbonyl (C=O) groups excluding carboxylic acids is 2. The molecule has 4 rings (SSSR count). The molecule has 3 saturated heterocycles. The molecule has 33 heavy (non-hydrogen) atoms. The minimum absolute atomic E-state index is 0.107. The van der Waals surface area contributed by atoms with Gasteiger partial charge in [-0.1, -0.05) is 11.6 Å². The summed E-state index contributed by atoms with van der Waals surface area (Å²) in [5.74, 6) is 0.195.